The first-order valence-corrected chi connectivity index (χ1v) is 6.03. The van der Waals surface area contributed by atoms with Crippen LogP contribution in [-0.4, -0.2) is 6.04 Å². The SMILES string of the molecule is Sc1ccc2c(c1S)C=C1C=CC=CC1N2. The van der Waals surface area contributed by atoms with Gasteiger partial charge in [0.05, 0.1) is 6.04 Å². The van der Waals surface area contributed by atoms with Gasteiger partial charge in [0.1, 0.15) is 0 Å². The smallest absolute Gasteiger partial charge is 0.0701 e. The van der Waals surface area contributed by atoms with Crippen LogP contribution in [0.15, 0.2) is 51.8 Å². The van der Waals surface area contributed by atoms with Crippen molar-refractivity contribution in [3.05, 3.63) is 47.6 Å². The van der Waals surface area contributed by atoms with Crippen molar-refractivity contribution in [1.29, 1.82) is 0 Å². The Kier molecular flexibility index (Phi) is 2.37. The first kappa shape index (κ1) is 10.1. The first-order valence-electron chi connectivity index (χ1n) is 5.13. The number of thiol groups is 2. The van der Waals surface area contributed by atoms with E-state index in [2.05, 4.69) is 67.0 Å². The van der Waals surface area contributed by atoms with E-state index in [9.17, 15) is 0 Å². The molecule has 0 radical (unpaired) electrons. The van der Waals surface area contributed by atoms with Crippen LogP contribution < -0.4 is 5.32 Å². The van der Waals surface area contributed by atoms with Gasteiger partial charge in [0, 0.05) is 21.0 Å². The number of fused-ring (bicyclic) bond motifs is 2. The summed E-state index contributed by atoms with van der Waals surface area (Å²) in [6.45, 7) is 0. The van der Waals surface area contributed by atoms with Crippen molar-refractivity contribution < 1.29 is 0 Å². The molecule has 1 atom stereocenters. The molecule has 3 rings (SSSR count). The van der Waals surface area contributed by atoms with Crippen molar-refractivity contribution in [2.24, 2.45) is 0 Å². The molecule has 1 heterocycles. The Morgan fingerprint density at radius 2 is 2.00 bits per heavy atom. The van der Waals surface area contributed by atoms with Gasteiger partial charge in [-0.25, -0.2) is 0 Å². The van der Waals surface area contributed by atoms with Crippen molar-refractivity contribution in [3.8, 4) is 0 Å². The molecule has 1 aromatic carbocycles. The highest BCUT2D eigenvalue weighted by Crippen LogP contribution is 2.36. The third-order valence-electron chi connectivity index (χ3n) is 2.88. The third-order valence-corrected chi connectivity index (χ3v) is 3.91. The molecule has 1 nitrogen and oxygen atoms in total. The van der Waals surface area contributed by atoms with Crippen molar-refractivity contribution in [2.75, 3.05) is 5.32 Å². The molecule has 1 aliphatic carbocycles. The standard InChI is InChI=1S/C13H11NS2/c15-12-6-5-11-9(13(12)16)7-8-3-1-2-4-10(8)14-11/h1-7,10,14-16H. The number of rotatable bonds is 0. The molecule has 0 fully saturated rings. The van der Waals surface area contributed by atoms with Gasteiger partial charge < -0.3 is 5.32 Å². The third kappa shape index (κ3) is 1.51. The highest BCUT2D eigenvalue weighted by atomic mass is 32.1. The lowest BCUT2D eigenvalue weighted by atomic mass is 9.94. The van der Waals surface area contributed by atoms with Crippen molar-refractivity contribution in [3.63, 3.8) is 0 Å². The van der Waals surface area contributed by atoms with Crippen LogP contribution in [0.3, 0.4) is 0 Å². The molecular formula is C13H11NS2. The molecule has 0 bridgehead atoms. The first-order chi connectivity index (χ1) is 7.75. The van der Waals surface area contributed by atoms with Gasteiger partial charge in [-0.15, -0.1) is 25.3 Å². The summed E-state index contributed by atoms with van der Waals surface area (Å²) in [6, 6.07) is 4.31. The molecule has 1 aliphatic heterocycles. The second-order valence-corrected chi connectivity index (χ2v) is 4.83. The van der Waals surface area contributed by atoms with E-state index in [1.54, 1.807) is 0 Å². The summed E-state index contributed by atoms with van der Waals surface area (Å²) in [6.07, 6.45) is 10.6. The van der Waals surface area contributed by atoms with E-state index >= 15 is 0 Å². The number of allylic oxidation sites excluding steroid dienone is 2. The van der Waals surface area contributed by atoms with Crippen LogP contribution in [-0.2, 0) is 0 Å². The van der Waals surface area contributed by atoms with E-state index in [4.69, 9.17) is 0 Å². The predicted molar refractivity (Wildman–Crippen MR) is 74.6 cm³/mol. The van der Waals surface area contributed by atoms with E-state index < -0.39 is 0 Å². The number of hydrogen-bond acceptors (Lipinski definition) is 3. The number of nitrogens with one attached hydrogen (secondary N) is 1. The fourth-order valence-corrected chi connectivity index (χ4v) is 2.48. The summed E-state index contributed by atoms with van der Waals surface area (Å²) in [5.74, 6) is 0. The largest absolute Gasteiger partial charge is 0.374 e. The van der Waals surface area contributed by atoms with Crippen LogP contribution in [0.2, 0.25) is 0 Å². The summed E-state index contributed by atoms with van der Waals surface area (Å²) in [7, 11) is 0. The fourth-order valence-electron chi connectivity index (χ4n) is 2.03. The van der Waals surface area contributed by atoms with Gasteiger partial charge >= 0.3 is 0 Å². The van der Waals surface area contributed by atoms with E-state index in [0.717, 1.165) is 21.0 Å². The van der Waals surface area contributed by atoms with E-state index in [0.29, 0.717) is 0 Å². The maximum Gasteiger partial charge on any atom is 0.0701 e. The summed E-state index contributed by atoms with van der Waals surface area (Å²) < 4.78 is 0. The van der Waals surface area contributed by atoms with Crippen LogP contribution in [0, 0.1) is 0 Å². The van der Waals surface area contributed by atoms with Crippen LogP contribution >= 0.6 is 25.3 Å². The molecule has 1 unspecified atom stereocenters. The number of hydrogen-bond donors (Lipinski definition) is 3. The molecule has 80 valence electrons. The summed E-state index contributed by atoms with van der Waals surface area (Å²) in [5, 5.41) is 3.48. The molecule has 0 amide bonds. The zero-order valence-corrected chi connectivity index (χ0v) is 10.3. The van der Waals surface area contributed by atoms with Crippen molar-refractivity contribution in [2.45, 2.75) is 15.8 Å². The Morgan fingerprint density at radius 1 is 1.12 bits per heavy atom. The molecule has 0 saturated heterocycles. The van der Waals surface area contributed by atoms with E-state index in [1.807, 2.05) is 6.07 Å². The Labute approximate surface area is 106 Å². The van der Waals surface area contributed by atoms with Gasteiger partial charge in [0.15, 0.2) is 0 Å². The minimum Gasteiger partial charge on any atom is -0.374 e. The predicted octanol–water partition coefficient (Wildman–Crippen LogP) is 3.57. The van der Waals surface area contributed by atoms with Crippen LogP contribution in [0.25, 0.3) is 6.08 Å². The molecule has 16 heavy (non-hydrogen) atoms. The Hall–Kier alpha value is -1.06. The van der Waals surface area contributed by atoms with Gasteiger partial charge in [-0.3, -0.25) is 0 Å². The lowest BCUT2D eigenvalue weighted by Crippen LogP contribution is -2.23. The highest BCUT2D eigenvalue weighted by molar-refractivity contribution is 7.83. The summed E-state index contributed by atoms with van der Waals surface area (Å²) in [5.41, 5.74) is 3.52. The second kappa shape index (κ2) is 3.75. The maximum atomic E-state index is 4.50. The van der Waals surface area contributed by atoms with Crippen LogP contribution in [0.5, 0.6) is 0 Å². The van der Waals surface area contributed by atoms with Gasteiger partial charge in [0.25, 0.3) is 0 Å². The topological polar surface area (TPSA) is 12.0 Å². The fraction of sp³-hybridized carbons (Fsp3) is 0.0769. The molecule has 1 N–H and O–H groups in total. The average Bonchev–Trinajstić information content (AvgIpc) is 2.32. The quantitative estimate of drug-likeness (QED) is 0.594. The Morgan fingerprint density at radius 3 is 2.88 bits per heavy atom. The molecule has 1 aromatic rings. The minimum absolute atomic E-state index is 0.288. The maximum absolute atomic E-state index is 4.50. The number of benzene rings is 1. The van der Waals surface area contributed by atoms with Gasteiger partial charge in [-0.05, 0) is 23.8 Å². The van der Waals surface area contributed by atoms with E-state index in [-0.39, 0.29) is 6.04 Å². The molecule has 0 spiro atoms. The number of anilines is 1. The van der Waals surface area contributed by atoms with Gasteiger partial charge in [0.2, 0.25) is 0 Å². The zero-order valence-electron chi connectivity index (χ0n) is 8.51. The lowest BCUT2D eigenvalue weighted by Gasteiger charge is -2.27. The van der Waals surface area contributed by atoms with Crippen LogP contribution in [0.4, 0.5) is 5.69 Å². The van der Waals surface area contributed by atoms with Crippen molar-refractivity contribution >= 4 is 37.0 Å². The Bertz CT molecular complexity index is 541. The van der Waals surface area contributed by atoms with Crippen LogP contribution in [0.1, 0.15) is 5.56 Å². The molecule has 0 saturated carbocycles. The Balaban J connectivity index is 2.18. The highest BCUT2D eigenvalue weighted by Gasteiger charge is 2.19. The monoisotopic (exact) mass is 245 g/mol. The lowest BCUT2D eigenvalue weighted by molar-refractivity contribution is 1.02. The summed E-state index contributed by atoms with van der Waals surface area (Å²) in [4.78, 5) is 1.84. The summed E-state index contributed by atoms with van der Waals surface area (Å²) >= 11 is 8.89. The van der Waals surface area contributed by atoms with Gasteiger partial charge in [-0.1, -0.05) is 24.3 Å². The average molecular weight is 245 g/mol. The zero-order chi connectivity index (χ0) is 11.1. The molecule has 0 aromatic heterocycles. The molecule has 3 heteroatoms. The molecular weight excluding hydrogens is 234 g/mol. The minimum atomic E-state index is 0.288. The normalized spacial score (nSPS) is 20.9. The molecule has 2 aliphatic rings. The van der Waals surface area contributed by atoms with Gasteiger partial charge in [-0.2, -0.15) is 0 Å². The van der Waals surface area contributed by atoms with E-state index in [1.165, 1.54) is 5.57 Å². The van der Waals surface area contributed by atoms with Crippen molar-refractivity contribution in [1.82, 2.24) is 0 Å². The second-order valence-electron chi connectivity index (χ2n) is 3.90.